The first-order chi connectivity index (χ1) is 5.79. The summed E-state index contributed by atoms with van der Waals surface area (Å²) in [5.74, 6) is 0. The summed E-state index contributed by atoms with van der Waals surface area (Å²) < 4.78 is 5.43. The first-order valence-electron chi connectivity index (χ1n) is 3.68. The van der Waals surface area contributed by atoms with Gasteiger partial charge in [0.25, 0.3) is 0 Å². The Morgan fingerprint density at radius 1 is 1.17 bits per heavy atom. The zero-order valence-corrected chi connectivity index (χ0v) is 9.33. The fourth-order valence-electron chi connectivity index (χ4n) is 0.682. The topological polar surface area (TPSA) is 28.0 Å². The van der Waals surface area contributed by atoms with Gasteiger partial charge in [-0.3, -0.25) is 0 Å². The number of hydrogen-bond acceptors (Lipinski definition) is 2. The molecule has 1 atom stereocenters. The van der Waals surface area contributed by atoms with E-state index in [-0.39, 0.29) is 0 Å². The summed E-state index contributed by atoms with van der Waals surface area (Å²) in [6.45, 7) is 0. The van der Waals surface area contributed by atoms with Crippen molar-refractivity contribution < 1.29 is 0 Å². The monoisotopic (exact) mass is 225 g/mol. The molecule has 1 aromatic carbocycles. The Hall–Kier alpha value is -0.822. The van der Waals surface area contributed by atoms with Crippen LogP contribution in [0.25, 0.3) is 0 Å². The molecule has 1 aromatic rings. The zero-order chi connectivity index (χ0) is 8.81. The average Bonchev–Trinajstić information content (AvgIpc) is 2.05. The third-order valence-electron chi connectivity index (χ3n) is 1.18. The van der Waals surface area contributed by atoms with Crippen LogP contribution in [-0.2, 0) is 0 Å². The van der Waals surface area contributed by atoms with Crippen molar-refractivity contribution in [2.24, 2.45) is 9.25 Å². The van der Waals surface area contributed by atoms with Gasteiger partial charge in [0, 0.05) is 0 Å². The van der Waals surface area contributed by atoms with Gasteiger partial charge in [-0.25, -0.2) is 0 Å². The molecule has 0 heterocycles. The van der Waals surface area contributed by atoms with Crippen LogP contribution in [-0.4, -0.2) is 35.1 Å². The molecule has 0 fully saturated rings. The molecule has 3 nitrogen and oxygen atoms in total. The van der Waals surface area contributed by atoms with E-state index in [1.165, 1.54) is 4.35 Å². The van der Waals surface area contributed by atoms with E-state index in [9.17, 15) is 0 Å². The van der Waals surface area contributed by atoms with Crippen molar-refractivity contribution in [1.82, 2.24) is 5.01 Å². The van der Waals surface area contributed by atoms with Gasteiger partial charge in [0.05, 0.1) is 0 Å². The Balaban J connectivity index is 2.43. The minimum atomic E-state index is -0.419. The molecule has 0 saturated heterocycles. The molecular formula is C8H12AsN3. The van der Waals surface area contributed by atoms with Crippen LogP contribution in [0, 0.1) is 0 Å². The van der Waals surface area contributed by atoms with E-state index in [2.05, 4.69) is 21.4 Å². The Kier molecular flexibility index (Phi) is 3.81. The summed E-state index contributed by atoms with van der Waals surface area (Å²) >= 11 is -0.419. The second-order valence-electron chi connectivity index (χ2n) is 2.51. The molecule has 0 aliphatic rings. The van der Waals surface area contributed by atoms with Gasteiger partial charge in [-0.05, 0) is 0 Å². The van der Waals surface area contributed by atoms with E-state index < -0.39 is 16.0 Å². The second-order valence-corrected chi connectivity index (χ2v) is 4.61. The molecule has 0 saturated carbocycles. The Labute approximate surface area is 79.4 Å². The fourth-order valence-corrected chi connectivity index (χ4v) is 2.11. The molecule has 0 spiro atoms. The maximum absolute atomic E-state index is 4.12. The predicted molar refractivity (Wildman–Crippen MR) is 51.8 cm³/mol. The summed E-state index contributed by atoms with van der Waals surface area (Å²) in [4.78, 5) is 0. The summed E-state index contributed by atoms with van der Waals surface area (Å²) in [7, 11) is 3.75. The van der Waals surface area contributed by atoms with Crippen LogP contribution >= 0.6 is 0 Å². The summed E-state index contributed by atoms with van der Waals surface area (Å²) in [6.07, 6.45) is 0. The molecule has 0 radical (unpaired) electrons. The van der Waals surface area contributed by atoms with Crippen LogP contribution in [0.1, 0.15) is 0 Å². The zero-order valence-electron chi connectivity index (χ0n) is 7.23. The Morgan fingerprint density at radius 2 is 1.83 bits per heavy atom. The number of benzene rings is 1. The maximum atomic E-state index is 4.12. The van der Waals surface area contributed by atoms with Crippen molar-refractivity contribution in [1.29, 1.82) is 0 Å². The van der Waals surface area contributed by atoms with E-state index in [1.54, 1.807) is 5.01 Å². The van der Waals surface area contributed by atoms with E-state index in [0.717, 1.165) is 0 Å². The summed E-state index contributed by atoms with van der Waals surface area (Å²) in [6, 6.07) is 10.3. The molecular weight excluding hydrogens is 213 g/mol. The van der Waals surface area contributed by atoms with Crippen LogP contribution in [0.3, 0.4) is 0 Å². The van der Waals surface area contributed by atoms with Gasteiger partial charge in [-0.2, -0.15) is 0 Å². The molecule has 0 amide bonds. The van der Waals surface area contributed by atoms with Gasteiger partial charge >= 0.3 is 79.0 Å². The van der Waals surface area contributed by atoms with Crippen LogP contribution in [0.5, 0.6) is 0 Å². The number of hydrogen-bond donors (Lipinski definition) is 0. The van der Waals surface area contributed by atoms with E-state index in [4.69, 9.17) is 0 Å². The Bertz CT molecular complexity index is 246. The summed E-state index contributed by atoms with van der Waals surface area (Å²) in [5, 5.41) is 5.65. The first kappa shape index (κ1) is 9.27. The van der Waals surface area contributed by atoms with Gasteiger partial charge in [-0.1, -0.05) is 0 Å². The molecule has 12 heavy (non-hydrogen) atoms. The van der Waals surface area contributed by atoms with Crippen molar-refractivity contribution in [3.8, 4) is 0 Å². The van der Waals surface area contributed by atoms with Gasteiger partial charge in [-0.15, -0.1) is 0 Å². The van der Waals surface area contributed by atoms with Crippen LogP contribution < -0.4 is 4.35 Å². The standard InChI is InChI=1S/C8H12AsN3/c1-12(2)11-10-9-8-6-4-3-5-7-8/h3-7,9H,1-2H3. The van der Waals surface area contributed by atoms with E-state index in [1.807, 2.05) is 32.3 Å². The van der Waals surface area contributed by atoms with Gasteiger partial charge in [0.15, 0.2) is 0 Å². The molecule has 0 aliphatic carbocycles. The van der Waals surface area contributed by atoms with Crippen molar-refractivity contribution in [2.45, 2.75) is 0 Å². The molecule has 0 aromatic heterocycles. The quantitative estimate of drug-likeness (QED) is 0.420. The normalized spacial score (nSPS) is 11.5. The molecule has 0 aliphatic heterocycles. The van der Waals surface area contributed by atoms with Gasteiger partial charge < -0.3 is 0 Å². The second kappa shape index (κ2) is 4.94. The average molecular weight is 225 g/mol. The van der Waals surface area contributed by atoms with Crippen molar-refractivity contribution in [3.63, 3.8) is 0 Å². The SMILES string of the molecule is CN(C)N=N[AsH]c1ccccc1. The molecule has 0 bridgehead atoms. The van der Waals surface area contributed by atoms with Crippen molar-refractivity contribution in [2.75, 3.05) is 14.1 Å². The first-order valence-corrected chi connectivity index (χ1v) is 5.67. The predicted octanol–water partition coefficient (Wildman–Crippen LogP) is 0.592. The van der Waals surface area contributed by atoms with Crippen LogP contribution in [0.15, 0.2) is 39.6 Å². The van der Waals surface area contributed by atoms with Crippen LogP contribution in [0.4, 0.5) is 0 Å². The van der Waals surface area contributed by atoms with Crippen LogP contribution in [0.2, 0.25) is 0 Å². The fraction of sp³-hybridized carbons (Fsp3) is 0.250. The number of rotatable bonds is 3. The molecule has 0 N–H and O–H groups in total. The molecule has 64 valence electrons. The number of nitrogens with zero attached hydrogens (tertiary/aromatic N) is 3. The minimum absolute atomic E-state index is 0.419. The van der Waals surface area contributed by atoms with Gasteiger partial charge in [0.2, 0.25) is 0 Å². The van der Waals surface area contributed by atoms with E-state index in [0.29, 0.717) is 0 Å². The third-order valence-corrected chi connectivity index (χ3v) is 2.82. The van der Waals surface area contributed by atoms with Gasteiger partial charge in [0.1, 0.15) is 0 Å². The van der Waals surface area contributed by atoms with E-state index >= 15 is 0 Å². The molecule has 1 rings (SSSR count). The van der Waals surface area contributed by atoms with Crippen molar-refractivity contribution >= 4 is 20.3 Å². The van der Waals surface area contributed by atoms with Crippen molar-refractivity contribution in [3.05, 3.63) is 30.3 Å². The summed E-state index contributed by atoms with van der Waals surface area (Å²) in [5.41, 5.74) is 0. The Morgan fingerprint density at radius 3 is 2.42 bits per heavy atom. The molecule has 4 heteroatoms. The third kappa shape index (κ3) is 3.53. The molecule has 1 unspecified atom stereocenters.